The Balaban J connectivity index is 1.36. The minimum Gasteiger partial charge on any atom is -0.324 e. The van der Waals surface area contributed by atoms with Crippen LogP contribution in [0.4, 0.5) is 0 Å². The van der Waals surface area contributed by atoms with Gasteiger partial charge in [0.15, 0.2) is 11.6 Å². The lowest BCUT2D eigenvalue weighted by atomic mass is 9.86. The number of fused-ring (bicyclic) bond motifs is 2. The molecule has 0 amide bonds. The molecule has 28 heavy (non-hydrogen) atoms. The van der Waals surface area contributed by atoms with Gasteiger partial charge in [0.25, 0.3) is 0 Å². The molecule has 1 saturated heterocycles. The molecule has 2 aromatic rings. The van der Waals surface area contributed by atoms with Crippen LogP contribution in [0, 0.1) is 0 Å². The lowest BCUT2D eigenvalue weighted by Gasteiger charge is -2.34. The molecule has 5 rings (SSSR count). The monoisotopic (exact) mass is 380 g/mol. The second-order valence-corrected chi connectivity index (χ2v) is 7.91. The molecular formula is C21H28N6O. The van der Waals surface area contributed by atoms with Gasteiger partial charge in [0.1, 0.15) is 12.8 Å². The molecule has 3 aliphatic rings. The van der Waals surface area contributed by atoms with Crippen molar-refractivity contribution in [1.82, 2.24) is 24.7 Å². The summed E-state index contributed by atoms with van der Waals surface area (Å²) in [6, 6.07) is 8.84. The Hall–Kier alpha value is -2.22. The summed E-state index contributed by atoms with van der Waals surface area (Å²) in [7, 11) is 0. The first-order valence-electron chi connectivity index (χ1n) is 10.4. The molecule has 1 aromatic carbocycles. The highest BCUT2D eigenvalue weighted by molar-refractivity contribution is 5.41. The van der Waals surface area contributed by atoms with Crippen molar-refractivity contribution in [2.75, 3.05) is 13.1 Å². The fourth-order valence-corrected chi connectivity index (χ4v) is 4.80. The smallest absolute Gasteiger partial charge is 0.159 e. The van der Waals surface area contributed by atoms with Crippen LogP contribution in [-0.2, 0) is 11.5 Å². The molecule has 3 atom stereocenters. The van der Waals surface area contributed by atoms with Crippen molar-refractivity contribution < 1.29 is 4.84 Å². The van der Waals surface area contributed by atoms with Crippen LogP contribution in [0.2, 0.25) is 0 Å². The summed E-state index contributed by atoms with van der Waals surface area (Å²) >= 11 is 0. The van der Waals surface area contributed by atoms with Crippen molar-refractivity contribution in [3.05, 3.63) is 53.2 Å². The van der Waals surface area contributed by atoms with Gasteiger partial charge < -0.3 is 5.73 Å². The SMILES string of the molecule is CCN1CCC[C@H]1c1nnc2n1CN(O[C@@H]1CC[C@H](N)c3ccccc31)C=C2. The molecular weight excluding hydrogens is 352 g/mol. The van der Waals surface area contributed by atoms with Crippen molar-refractivity contribution in [3.63, 3.8) is 0 Å². The van der Waals surface area contributed by atoms with E-state index in [0.29, 0.717) is 12.7 Å². The summed E-state index contributed by atoms with van der Waals surface area (Å²) in [4.78, 5) is 8.89. The molecule has 0 saturated carbocycles. The number of rotatable bonds is 4. The molecule has 0 radical (unpaired) electrons. The van der Waals surface area contributed by atoms with E-state index in [9.17, 15) is 0 Å². The average Bonchev–Trinajstić information content (AvgIpc) is 3.36. The zero-order chi connectivity index (χ0) is 19.1. The minimum atomic E-state index is 0.0285. The number of hydrogen-bond acceptors (Lipinski definition) is 6. The second kappa shape index (κ2) is 7.31. The molecule has 1 aliphatic carbocycles. The van der Waals surface area contributed by atoms with Crippen LogP contribution < -0.4 is 5.73 Å². The van der Waals surface area contributed by atoms with Crippen molar-refractivity contribution in [2.24, 2.45) is 5.73 Å². The molecule has 7 heteroatoms. The fourth-order valence-electron chi connectivity index (χ4n) is 4.80. The molecule has 2 aliphatic heterocycles. The van der Waals surface area contributed by atoms with Crippen molar-refractivity contribution in [3.8, 4) is 0 Å². The quantitative estimate of drug-likeness (QED) is 0.878. The predicted octanol–water partition coefficient (Wildman–Crippen LogP) is 3.15. The van der Waals surface area contributed by atoms with Crippen molar-refractivity contribution in [2.45, 2.75) is 57.5 Å². The highest BCUT2D eigenvalue weighted by Gasteiger charge is 2.32. The van der Waals surface area contributed by atoms with Gasteiger partial charge in [0.2, 0.25) is 0 Å². The van der Waals surface area contributed by atoms with Gasteiger partial charge in [-0.3, -0.25) is 14.3 Å². The maximum absolute atomic E-state index is 6.41. The van der Waals surface area contributed by atoms with E-state index in [-0.39, 0.29) is 12.1 Å². The standard InChI is InChI=1S/C21H28N6O/c1-2-25-12-5-8-18(25)21-24-23-20-11-13-26(14-27(20)21)28-19-10-9-17(22)15-6-3-4-7-16(15)19/h3-4,6-7,11,13,17-19H,2,5,8-10,12,14,22H2,1H3/t17-,18-,19+/m0/s1. The topological polar surface area (TPSA) is 72.4 Å². The van der Waals surface area contributed by atoms with E-state index in [4.69, 9.17) is 10.6 Å². The number of benzene rings is 1. The summed E-state index contributed by atoms with van der Waals surface area (Å²) in [5.41, 5.74) is 8.71. The van der Waals surface area contributed by atoms with E-state index in [2.05, 4.69) is 50.9 Å². The Kier molecular flexibility index (Phi) is 4.66. The molecule has 7 nitrogen and oxygen atoms in total. The molecule has 148 valence electrons. The number of nitrogens with zero attached hydrogens (tertiary/aromatic N) is 5. The zero-order valence-corrected chi connectivity index (χ0v) is 16.4. The maximum atomic E-state index is 6.41. The first-order valence-corrected chi connectivity index (χ1v) is 10.4. The average molecular weight is 380 g/mol. The predicted molar refractivity (Wildman–Crippen MR) is 107 cm³/mol. The number of nitrogens with two attached hydrogens (primary N) is 1. The fraction of sp³-hybridized carbons (Fsp3) is 0.524. The number of hydrogen-bond donors (Lipinski definition) is 1. The number of aromatic nitrogens is 3. The Bertz CT molecular complexity index is 878. The third kappa shape index (κ3) is 3.03. The molecule has 0 spiro atoms. The first-order chi connectivity index (χ1) is 13.7. The zero-order valence-electron chi connectivity index (χ0n) is 16.4. The van der Waals surface area contributed by atoms with E-state index >= 15 is 0 Å². The second-order valence-electron chi connectivity index (χ2n) is 7.91. The third-order valence-electron chi connectivity index (χ3n) is 6.29. The largest absolute Gasteiger partial charge is 0.324 e. The maximum Gasteiger partial charge on any atom is 0.159 e. The van der Waals surface area contributed by atoms with Crippen molar-refractivity contribution in [1.29, 1.82) is 0 Å². The highest BCUT2D eigenvalue weighted by Crippen LogP contribution is 2.38. The summed E-state index contributed by atoms with van der Waals surface area (Å²) in [6.45, 7) is 5.01. The molecule has 3 heterocycles. The molecule has 1 fully saturated rings. The van der Waals surface area contributed by atoms with Crippen LogP contribution in [-0.4, -0.2) is 37.8 Å². The Morgan fingerprint density at radius 3 is 2.86 bits per heavy atom. The van der Waals surface area contributed by atoms with Gasteiger partial charge in [0, 0.05) is 18.3 Å². The molecule has 1 aromatic heterocycles. The summed E-state index contributed by atoms with van der Waals surface area (Å²) in [5.74, 6) is 1.96. The Morgan fingerprint density at radius 1 is 1.14 bits per heavy atom. The van der Waals surface area contributed by atoms with Gasteiger partial charge in [-0.2, -0.15) is 0 Å². The minimum absolute atomic E-state index is 0.0285. The lowest BCUT2D eigenvalue weighted by Crippen LogP contribution is -2.32. The van der Waals surface area contributed by atoms with Crippen LogP contribution in [0.1, 0.15) is 73.6 Å². The van der Waals surface area contributed by atoms with E-state index in [1.807, 2.05) is 17.3 Å². The molecule has 0 bridgehead atoms. The first kappa shape index (κ1) is 17.8. The van der Waals surface area contributed by atoms with Crippen molar-refractivity contribution >= 4 is 6.08 Å². The van der Waals surface area contributed by atoms with E-state index < -0.39 is 0 Å². The normalized spacial score (nSPS) is 27.1. The van der Waals surface area contributed by atoms with Crippen LogP contribution in [0.5, 0.6) is 0 Å². The van der Waals surface area contributed by atoms with Gasteiger partial charge in [0.05, 0.1) is 6.04 Å². The highest BCUT2D eigenvalue weighted by atomic mass is 16.7. The lowest BCUT2D eigenvalue weighted by molar-refractivity contribution is -0.190. The van der Waals surface area contributed by atoms with Crippen LogP contribution in [0.15, 0.2) is 30.5 Å². The summed E-state index contributed by atoms with van der Waals surface area (Å²) in [6.07, 6.45) is 8.22. The van der Waals surface area contributed by atoms with Gasteiger partial charge in [-0.15, -0.1) is 10.2 Å². The summed E-state index contributed by atoms with van der Waals surface area (Å²) < 4.78 is 2.19. The third-order valence-corrected chi connectivity index (χ3v) is 6.29. The van der Waals surface area contributed by atoms with E-state index in [1.165, 1.54) is 17.5 Å². The van der Waals surface area contributed by atoms with Gasteiger partial charge in [-0.25, -0.2) is 5.06 Å². The molecule has 2 N–H and O–H groups in total. The Labute approximate surface area is 165 Å². The number of hydroxylamine groups is 2. The summed E-state index contributed by atoms with van der Waals surface area (Å²) in [5, 5.41) is 10.8. The Morgan fingerprint density at radius 2 is 2.00 bits per heavy atom. The van der Waals surface area contributed by atoms with Gasteiger partial charge in [-0.05, 0) is 49.9 Å². The van der Waals surface area contributed by atoms with E-state index in [0.717, 1.165) is 44.0 Å². The van der Waals surface area contributed by atoms with Crippen LogP contribution >= 0.6 is 0 Å². The number of likely N-dealkylation sites (tertiary alicyclic amines) is 1. The van der Waals surface area contributed by atoms with E-state index in [1.54, 1.807) is 0 Å². The van der Waals surface area contributed by atoms with Crippen LogP contribution in [0.25, 0.3) is 6.08 Å². The van der Waals surface area contributed by atoms with Gasteiger partial charge in [-0.1, -0.05) is 31.2 Å². The van der Waals surface area contributed by atoms with Gasteiger partial charge >= 0.3 is 0 Å². The molecule has 0 unspecified atom stereocenters. The van der Waals surface area contributed by atoms with Crippen LogP contribution in [0.3, 0.4) is 0 Å².